The van der Waals surface area contributed by atoms with E-state index in [9.17, 15) is 13.2 Å². The first kappa shape index (κ1) is 18.8. The molecule has 0 amide bonds. The molecule has 0 radical (unpaired) electrons. The molecule has 0 aliphatic heterocycles. The van der Waals surface area contributed by atoms with Gasteiger partial charge in [0.1, 0.15) is 12.4 Å². The molecular formula is C22H20F3NO. The first-order valence-electron chi connectivity index (χ1n) is 8.67. The van der Waals surface area contributed by atoms with Crippen LogP contribution >= 0.6 is 0 Å². The molecule has 3 aromatic rings. The molecule has 0 fully saturated rings. The number of rotatable bonds is 7. The third-order valence-electron chi connectivity index (χ3n) is 4.10. The number of anilines is 1. The number of hydrogen-bond donors (Lipinski definition) is 1. The van der Waals surface area contributed by atoms with Crippen LogP contribution < -0.4 is 10.1 Å². The number of benzene rings is 3. The van der Waals surface area contributed by atoms with Crippen molar-refractivity contribution in [3.05, 3.63) is 95.6 Å². The van der Waals surface area contributed by atoms with Crippen LogP contribution in [0.25, 0.3) is 0 Å². The second kappa shape index (κ2) is 8.62. The minimum atomic E-state index is -4.31. The molecule has 0 aliphatic rings. The average Bonchev–Trinajstić information content (AvgIpc) is 2.67. The molecule has 3 rings (SSSR count). The van der Waals surface area contributed by atoms with Gasteiger partial charge in [0.2, 0.25) is 0 Å². The molecule has 0 unspecified atom stereocenters. The van der Waals surface area contributed by atoms with Crippen molar-refractivity contribution in [2.45, 2.75) is 19.2 Å². The Balaban J connectivity index is 1.49. The summed E-state index contributed by atoms with van der Waals surface area (Å²) in [4.78, 5) is 0. The minimum absolute atomic E-state index is 0.508. The van der Waals surface area contributed by atoms with E-state index in [-0.39, 0.29) is 0 Å². The largest absolute Gasteiger partial charge is 0.489 e. The van der Waals surface area contributed by atoms with Gasteiger partial charge in [-0.1, -0.05) is 42.5 Å². The van der Waals surface area contributed by atoms with E-state index in [4.69, 9.17) is 4.74 Å². The monoisotopic (exact) mass is 371 g/mol. The Bertz CT molecular complexity index is 845. The lowest BCUT2D eigenvalue weighted by atomic mass is 10.1. The van der Waals surface area contributed by atoms with Gasteiger partial charge in [-0.3, -0.25) is 0 Å². The van der Waals surface area contributed by atoms with Gasteiger partial charge in [-0.2, -0.15) is 13.2 Å². The molecule has 0 heterocycles. The summed E-state index contributed by atoms with van der Waals surface area (Å²) in [5.41, 5.74) is 2.22. The van der Waals surface area contributed by atoms with Crippen molar-refractivity contribution in [2.24, 2.45) is 0 Å². The fourth-order valence-corrected chi connectivity index (χ4v) is 2.66. The molecule has 0 aliphatic carbocycles. The van der Waals surface area contributed by atoms with Crippen LogP contribution in [0.3, 0.4) is 0 Å². The van der Waals surface area contributed by atoms with Gasteiger partial charge >= 0.3 is 6.18 Å². The number of hydrogen-bond acceptors (Lipinski definition) is 2. The predicted molar refractivity (Wildman–Crippen MR) is 101 cm³/mol. The second-order valence-electron chi connectivity index (χ2n) is 6.17. The predicted octanol–water partition coefficient (Wildman–Crippen LogP) is 5.94. The van der Waals surface area contributed by atoms with Crippen molar-refractivity contribution in [1.82, 2.24) is 0 Å². The van der Waals surface area contributed by atoms with Crippen molar-refractivity contribution < 1.29 is 17.9 Å². The lowest BCUT2D eigenvalue weighted by molar-refractivity contribution is -0.137. The Kier molecular flexibility index (Phi) is 6.01. The topological polar surface area (TPSA) is 21.3 Å². The number of nitrogens with one attached hydrogen (secondary N) is 1. The van der Waals surface area contributed by atoms with Crippen molar-refractivity contribution in [3.8, 4) is 5.75 Å². The molecule has 0 aromatic heterocycles. The molecule has 0 saturated carbocycles. The Morgan fingerprint density at radius 2 is 1.48 bits per heavy atom. The van der Waals surface area contributed by atoms with Crippen LogP contribution in [-0.2, 0) is 19.2 Å². The molecule has 2 nitrogen and oxygen atoms in total. The third kappa shape index (κ3) is 5.78. The highest BCUT2D eigenvalue weighted by Gasteiger charge is 2.29. The van der Waals surface area contributed by atoms with Crippen LogP contribution in [-0.4, -0.2) is 6.54 Å². The molecule has 27 heavy (non-hydrogen) atoms. The van der Waals surface area contributed by atoms with E-state index in [1.165, 1.54) is 12.1 Å². The first-order chi connectivity index (χ1) is 13.0. The second-order valence-corrected chi connectivity index (χ2v) is 6.17. The highest BCUT2D eigenvalue weighted by molar-refractivity contribution is 5.45. The summed E-state index contributed by atoms with van der Waals surface area (Å²) in [6, 6.07) is 22.8. The van der Waals surface area contributed by atoms with E-state index in [0.29, 0.717) is 18.8 Å². The van der Waals surface area contributed by atoms with Gasteiger partial charge < -0.3 is 10.1 Å². The molecule has 0 bridgehead atoms. The Hall–Kier alpha value is -2.95. The molecule has 0 atom stereocenters. The van der Waals surface area contributed by atoms with Gasteiger partial charge in [0.15, 0.2) is 0 Å². The molecule has 1 N–H and O–H groups in total. The third-order valence-corrected chi connectivity index (χ3v) is 4.10. The van der Waals surface area contributed by atoms with Gasteiger partial charge in [0.05, 0.1) is 5.56 Å². The van der Waals surface area contributed by atoms with Crippen molar-refractivity contribution in [2.75, 3.05) is 11.9 Å². The molecule has 0 spiro atoms. The van der Waals surface area contributed by atoms with E-state index in [2.05, 4.69) is 5.32 Å². The van der Waals surface area contributed by atoms with Gasteiger partial charge in [-0.25, -0.2) is 0 Å². The summed E-state index contributed by atoms with van der Waals surface area (Å²) in [6.07, 6.45) is -3.57. The lowest BCUT2D eigenvalue weighted by Crippen LogP contribution is -2.07. The van der Waals surface area contributed by atoms with E-state index in [1.54, 1.807) is 0 Å². The molecule has 140 valence electrons. The number of ether oxygens (including phenoxy) is 1. The van der Waals surface area contributed by atoms with Crippen LogP contribution in [0.1, 0.15) is 16.7 Å². The average molecular weight is 371 g/mol. The van der Waals surface area contributed by atoms with E-state index in [1.807, 2.05) is 54.6 Å². The smallest absolute Gasteiger partial charge is 0.416 e. The first-order valence-corrected chi connectivity index (χ1v) is 8.67. The van der Waals surface area contributed by atoms with Gasteiger partial charge in [0, 0.05) is 12.2 Å². The summed E-state index contributed by atoms with van der Waals surface area (Å²) in [6.45, 7) is 1.13. The lowest BCUT2D eigenvalue weighted by Gasteiger charge is -2.11. The zero-order chi connectivity index (χ0) is 19.1. The van der Waals surface area contributed by atoms with Gasteiger partial charge in [0.25, 0.3) is 0 Å². The molecule has 0 saturated heterocycles. The van der Waals surface area contributed by atoms with E-state index >= 15 is 0 Å². The number of halogens is 3. The SMILES string of the molecule is FC(F)(F)c1ccc(NCCc2cccc(OCc3ccccc3)c2)cc1. The van der Waals surface area contributed by atoms with Crippen molar-refractivity contribution in [3.63, 3.8) is 0 Å². The summed E-state index contributed by atoms with van der Waals surface area (Å²) >= 11 is 0. The fraction of sp³-hybridized carbons (Fsp3) is 0.182. The quantitative estimate of drug-likeness (QED) is 0.555. The summed E-state index contributed by atoms with van der Waals surface area (Å²) < 4.78 is 43.5. The summed E-state index contributed by atoms with van der Waals surface area (Å²) in [7, 11) is 0. The highest BCUT2D eigenvalue weighted by Crippen LogP contribution is 2.29. The van der Waals surface area contributed by atoms with E-state index < -0.39 is 11.7 Å². The normalized spacial score (nSPS) is 11.2. The van der Waals surface area contributed by atoms with Crippen LogP contribution in [0, 0.1) is 0 Å². The van der Waals surface area contributed by atoms with Gasteiger partial charge in [-0.05, 0) is 53.9 Å². The van der Waals surface area contributed by atoms with Gasteiger partial charge in [-0.15, -0.1) is 0 Å². The minimum Gasteiger partial charge on any atom is -0.489 e. The van der Waals surface area contributed by atoms with Crippen LogP contribution in [0.5, 0.6) is 5.75 Å². The Labute approximate surface area is 156 Å². The maximum absolute atomic E-state index is 12.6. The van der Waals surface area contributed by atoms with Crippen molar-refractivity contribution >= 4 is 5.69 Å². The van der Waals surface area contributed by atoms with Crippen LogP contribution in [0.4, 0.5) is 18.9 Å². The Morgan fingerprint density at radius 3 is 2.19 bits per heavy atom. The maximum atomic E-state index is 12.6. The molecule has 3 aromatic carbocycles. The maximum Gasteiger partial charge on any atom is 0.416 e. The van der Waals surface area contributed by atoms with E-state index in [0.717, 1.165) is 35.4 Å². The highest BCUT2D eigenvalue weighted by atomic mass is 19.4. The van der Waals surface area contributed by atoms with Crippen molar-refractivity contribution in [1.29, 1.82) is 0 Å². The standard InChI is InChI=1S/C22H20F3NO/c23-22(24,25)19-9-11-20(12-10-19)26-14-13-17-7-4-8-21(15-17)27-16-18-5-2-1-3-6-18/h1-12,15,26H,13-14,16H2. The summed E-state index contributed by atoms with van der Waals surface area (Å²) in [5, 5.41) is 3.14. The fourth-order valence-electron chi connectivity index (χ4n) is 2.66. The zero-order valence-electron chi connectivity index (χ0n) is 14.7. The molecular weight excluding hydrogens is 351 g/mol. The Morgan fingerprint density at radius 1 is 0.778 bits per heavy atom. The van der Waals surface area contributed by atoms with Crippen LogP contribution in [0.15, 0.2) is 78.9 Å². The van der Waals surface area contributed by atoms with Crippen LogP contribution in [0.2, 0.25) is 0 Å². The number of alkyl halides is 3. The zero-order valence-corrected chi connectivity index (χ0v) is 14.7. The molecule has 5 heteroatoms. The summed E-state index contributed by atoms with van der Waals surface area (Å²) in [5.74, 6) is 0.797.